The number of carboxylic acids is 1. The summed E-state index contributed by atoms with van der Waals surface area (Å²) in [7, 11) is 0. The van der Waals surface area contributed by atoms with Gasteiger partial charge in [0, 0.05) is 12.0 Å². The minimum Gasteiger partial charge on any atom is -0.548 e. The maximum atomic E-state index is 12.5. The van der Waals surface area contributed by atoms with Crippen LogP contribution in [0.25, 0.3) is 0 Å². The van der Waals surface area contributed by atoms with Crippen molar-refractivity contribution in [2.45, 2.75) is 25.0 Å². The highest BCUT2D eigenvalue weighted by atomic mass is 16.7. The zero-order valence-corrected chi connectivity index (χ0v) is 14.8. The smallest absolute Gasteiger partial charge is 0.264 e. The van der Waals surface area contributed by atoms with Gasteiger partial charge >= 0.3 is 0 Å². The Labute approximate surface area is 160 Å². The molecule has 0 spiro atoms. The number of benzene rings is 2. The molecule has 0 saturated carbocycles. The van der Waals surface area contributed by atoms with Gasteiger partial charge in [0.15, 0.2) is 11.5 Å². The Balaban J connectivity index is 1.38. The third kappa shape index (κ3) is 3.75. The summed E-state index contributed by atoms with van der Waals surface area (Å²) in [4.78, 5) is 29.1. The number of nitrogens with zero attached hydrogens (tertiary/aromatic N) is 1. The summed E-state index contributed by atoms with van der Waals surface area (Å²) in [6, 6.07) is 13.2. The quantitative estimate of drug-likeness (QED) is 0.775. The first kappa shape index (κ1) is 17.8. The van der Waals surface area contributed by atoms with Gasteiger partial charge in [-0.15, -0.1) is 0 Å². The van der Waals surface area contributed by atoms with Crippen LogP contribution < -0.4 is 19.9 Å². The summed E-state index contributed by atoms with van der Waals surface area (Å²) in [5.74, 6) is -0.653. The van der Waals surface area contributed by atoms with E-state index in [-0.39, 0.29) is 19.6 Å². The summed E-state index contributed by atoms with van der Waals surface area (Å²) in [6.45, 7) is 0.165. The van der Waals surface area contributed by atoms with Crippen molar-refractivity contribution in [1.29, 1.82) is 0 Å². The molecule has 0 saturated heterocycles. The molecular formula is C20H17N2O6-. The van der Waals surface area contributed by atoms with Crippen molar-refractivity contribution in [3.63, 3.8) is 0 Å². The summed E-state index contributed by atoms with van der Waals surface area (Å²) in [5, 5.41) is 17.9. The minimum absolute atomic E-state index is 0.123. The fourth-order valence-electron chi connectivity index (χ4n) is 3.07. The number of ether oxygens (including phenoxy) is 2. The number of hydrogen-bond acceptors (Lipinski definition) is 7. The van der Waals surface area contributed by atoms with Crippen molar-refractivity contribution in [2.75, 3.05) is 6.79 Å². The maximum Gasteiger partial charge on any atom is 0.264 e. The molecule has 2 atom stereocenters. The highest BCUT2D eigenvalue weighted by molar-refractivity contribution is 6.04. The lowest BCUT2D eigenvalue weighted by molar-refractivity contribution is -0.308. The molecule has 8 nitrogen and oxygen atoms in total. The number of aliphatic carboxylic acids is 1. The molecule has 2 heterocycles. The second-order valence-corrected chi connectivity index (χ2v) is 6.47. The second-order valence-electron chi connectivity index (χ2n) is 6.47. The molecule has 1 amide bonds. The van der Waals surface area contributed by atoms with Crippen LogP contribution in [-0.2, 0) is 20.8 Å². The topological polar surface area (TPSA) is 109 Å². The number of carbonyl (C=O) groups is 2. The average Bonchev–Trinajstić information content (AvgIpc) is 3.37. The first-order valence-corrected chi connectivity index (χ1v) is 8.78. The molecular weight excluding hydrogens is 364 g/mol. The van der Waals surface area contributed by atoms with E-state index in [4.69, 9.17) is 14.3 Å². The second kappa shape index (κ2) is 7.59. The third-order valence-corrected chi connectivity index (χ3v) is 4.55. The summed E-state index contributed by atoms with van der Waals surface area (Å²) in [5.41, 5.74) is 2.11. The van der Waals surface area contributed by atoms with Gasteiger partial charge in [-0.05, 0) is 30.2 Å². The first-order valence-electron chi connectivity index (χ1n) is 8.78. The van der Waals surface area contributed by atoms with E-state index in [2.05, 4.69) is 10.5 Å². The summed E-state index contributed by atoms with van der Waals surface area (Å²) >= 11 is 0. The Morgan fingerprint density at radius 3 is 2.71 bits per heavy atom. The van der Waals surface area contributed by atoms with E-state index in [9.17, 15) is 14.7 Å². The molecule has 0 aromatic heterocycles. The van der Waals surface area contributed by atoms with E-state index in [1.54, 1.807) is 42.5 Å². The van der Waals surface area contributed by atoms with Gasteiger partial charge < -0.3 is 29.5 Å². The zero-order chi connectivity index (χ0) is 19.5. The molecule has 1 N–H and O–H groups in total. The zero-order valence-electron chi connectivity index (χ0n) is 14.8. The normalized spacial score (nSPS) is 18.1. The predicted octanol–water partition coefficient (Wildman–Crippen LogP) is 0.386. The number of amides is 1. The molecule has 2 aromatic rings. The van der Waals surface area contributed by atoms with Crippen LogP contribution in [0.2, 0.25) is 0 Å². The summed E-state index contributed by atoms with van der Waals surface area (Å²) in [6.07, 6.45) is -0.563. The van der Waals surface area contributed by atoms with Crippen molar-refractivity contribution in [3.8, 4) is 11.5 Å². The van der Waals surface area contributed by atoms with Gasteiger partial charge in [0.05, 0.1) is 17.7 Å². The Morgan fingerprint density at radius 2 is 1.93 bits per heavy atom. The van der Waals surface area contributed by atoms with Crippen LogP contribution in [0.15, 0.2) is 53.7 Å². The highest BCUT2D eigenvalue weighted by Gasteiger charge is 2.31. The van der Waals surface area contributed by atoms with Gasteiger partial charge in [0.2, 0.25) is 12.9 Å². The molecule has 0 unspecified atom stereocenters. The number of carboxylic acid groups (broad SMARTS) is 1. The van der Waals surface area contributed by atoms with Crippen LogP contribution in [0, 0.1) is 0 Å². The van der Waals surface area contributed by atoms with Gasteiger partial charge in [-0.1, -0.05) is 35.5 Å². The van der Waals surface area contributed by atoms with Crippen molar-refractivity contribution < 1.29 is 29.0 Å². The van der Waals surface area contributed by atoms with Crippen molar-refractivity contribution in [3.05, 3.63) is 59.7 Å². The Bertz CT molecular complexity index is 928. The van der Waals surface area contributed by atoms with Crippen molar-refractivity contribution >= 4 is 17.6 Å². The SMILES string of the molecule is O=C([O-])[C@H](Cc1ccccc1)NC(=O)[C@@H]1CC(c2ccc3c(c2)OCO3)=NO1. The van der Waals surface area contributed by atoms with E-state index >= 15 is 0 Å². The molecule has 28 heavy (non-hydrogen) atoms. The Hall–Kier alpha value is -3.55. The number of carbonyl (C=O) groups excluding carboxylic acids is 2. The van der Waals surface area contributed by atoms with Gasteiger partial charge in [-0.2, -0.15) is 0 Å². The number of rotatable bonds is 6. The largest absolute Gasteiger partial charge is 0.548 e. The van der Waals surface area contributed by atoms with Crippen LogP contribution in [-0.4, -0.2) is 36.5 Å². The minimum atomic E-state index is -1.35. The molecule has 0 aliphatic carbocycles. The lowest BCUT2D eigenvalue weighted by Crippen LogP contribution is -2.51. The van der Waals surface area contributed by atoms with E-state index in [1.165, 1.54) is 0 Å². The number of hydrogen-bond donors (Lipinski definition) is 1. The van der Waals surface area contributed by atoms with E-state index in [0.29, 0.717) is 17.2 Å². The summed E-state index contributed by atoms with van der Waals surface area (Å²) < 4.78 is 10.6. The van der Waals surface area contributed by atoms with E-state index in [1.807, 2.05) is 6.07 Å². The molecule has 2 aliphatic rings. The molecule has 0 fully saturated rings. The fourth-order valence-corrected chi connectivity index (χ4v) is 3.07. The first-order chi connectivity index (χ1) is 13.6. The predicted molar refractivity (Wildman–Crippen MR) is 95.7 cm³/mol. The van der Waals surface area contributed by atoms with Crippen LogP contribution in [0.1, 0.15) is 17.5 Å². The van der Waals surface area contributed by atoms with E-state index in [0.717, 1.165) is 11.1 Å². The lowest BCUT2D eigenvalue weighted by atomic mass is 10.0. The van der Waals surface area contributed by atoms with Gasteiger partial charge in [0.1, 0.15) is 0 Å². The van der Waals surface area contributed by atoms with Crippen LogP contribution in [0.3, 0.4) is 0 Å². The maximum absolute atomic E-state index is 12.5. The molecule has 8 heteroatoms. The number of fused-ring (bicyclic) bond motifs is 1. The third-order valence-electron chi connectivity index (χ3n) is 4.55. The highest BCUT2D eigenvalue weighted by Crippen LogP contribution is 2.33. The Morgan fingerprint density at radius 1 is 1.14 bits per heavy atom. The molecule has 2 aliphatic heterocycles. The van der Waals surface area contributed by atoms with Crippen LogP contribution >= 0.6 is 0 Å². The molecule has 0 bridgehead atoms. The van der Waals surface area contributed by atoms with E-state index < -0.39 is 24.0 Å². The van der Waals surface area contributed by atoms with Gasteiger partial charge in [0.25, 0.3) is 5.91 Å². The fraction of sp³-hybridized carbons (Fsp3) is 0.250. The number of oxime groups is 1. The molecule has 0 radical (unpaired) electrons. The van der Waals surface area contributed by atoms with Gasteiger partial charge in [-0.3, -0.25) is 4.79 Å². The number of nitrogens with one attached hydrogen (secondary N) is 1. The molecule has 2 aromatic carbocycles. The molecule has 144 valence electrons. The lowest BCUT2D eigenvalue weighted by Gasteiger charge is -2.21. The van der Waals surface area contributed by atoms with Crippen LogP contribution in [0.5, 0.6) is 11.5 Å². The van der Waals surface area contributed by atoms with Crippen molar-refractivity contribution in [2.24, 2.45) is 5.16 Å². The monoisotopic (exact) mass is 381 g/mol. The van der Waals surface area contributed by atoms with Gasteiger partial charge in [-0.25, -0.2) is 0 Å². The average molecular weight is 381 g/mol. The Kier molecular flexibility index (Phi) is 4.84. The molecule has 4 rings (SSSR count). The van der Waals surface area contributed by atoms with Crippen molar-refractivity contribution in [1.82, 2.24) is 5.32 Å². The van der Waals surface area contributed by atoms with Crippen LogP contribution in [0.4, 0.5) is 0 Å². The standard InChI is InChI=1S/C20H18N2O6/c23-19(21-15(20(24)25)8-12-4-2-1-3-5-12)18-10-14(22-28-18)13-6-7-16-17(9-13)27-11-26-16/h1-7,9,15,18H,8,10-11H2,(H,21,23)(H,24,25)/p-1/t15-,18-/m0/s1.